The van der Waals surface area contributed by atoms with Gasteiger partial charge in [-0.1, -0.05) is 34.6 Å². The molecule has 0 saturated heterocycles. The number of ketones is 2. The van der Waals surface area contributed by atoms with Gasteiger partial charge in [0.1, 0.15) is 11.4 Å². The van der Waals surface area contributed by atoms with Gasteiger partial charge in [0.25, 0.3) is 0 Å². The SMILES string of the molecule is CC(C)(C)CC(=O)[C@@]1(O)CC[C@H]2[C@@H]3CCC4CC(=O)CC[C@]4(C)[C@H]3CC[C@@]21C. The quantitative estimate of drug-likeness (QED) is 0.695. The highest BCUT2D eigenvalue weighted by Crippen LogP contribution is 2.68. The van der Waals surface area contributed by atoms with Crippen molar-refractivity contribution in [2.24, 2.45) is 39.9 Å². The number of carbonyl (C=O) groups is 2. The second-order valence-corrected chi connectivity index (χ2v) is 12.4. The summed E-state index contributed by atoms with van der Waals surface area (Å²) in [6, 6.07) is 0. The number of Topliss-reactive ketones (excluding diaryl/α,β-unsaturated/α-hetero) is 2. The van der Waals surface area contributed by atoms with E-state index in [0.29, 0.717) is 42.3 Å². The largest absolute Gasteiger partial charge is 0.381 e. The Morgan fingerprint density at radius 3 is 2.39 bits per heavy atom. The van der Waals surface area contributed by atoms with E-state index in [0.717, 1.165) is 44.9 Å². The zero-order chi connectivity index (χ0) is 20.5. The van der Waals surface area contributed by atoms with Crippen LogP contribution in [0.4, 0.5) is 0 Å². The first-order valence-electron chi connectivity index (χ1n) is 11.7. The molecule has 4 rings (SSSR count). The lowest BCUT2D eigenvalue weighted by molar-refractivity contribution is -0.171. The third kappa shape index (κ3) is 2.86. The Morgan fingerprint density at radius 2 is 1.71 bits per heavy atom. The van der Waals surface area contributed by atoms with Crippen LogP contribution >= 0.6 is 0 Å². The summed E-state index contributed by atoms with van der Waals surface area (Å²) >= 11 is 0. The molecule has 0 radical (unpaired) electrons. The molecule has 4 fully saturated rings. The summed E-state index contributed by atoms with van der Waals surface area (Å²) < 4.78 is 0. The highest BCUT2D eigenvalue weighted by molar-refractivity contribution is 5.89. The van der Waals surface area contributed by atoms with Gasteiger partial charge in [-0.2, -0.15) is 0 Å². The van der Waals surface area contributed by atoms with Crippen LogP contribution in [0.15, 0.2) is 0 Å². The van der Waals surface area contributed by atoms with Crippen molar-refractivity contribution in [3.05, 3.63) is 0 Å². The van der Waals surface area contributed by atoms with Crippen molar-refractivity contribution in [1.29, 1.82) is 0 Å². The summed E-state index contributed by atoms with van der Waals surface area (Å²) in [5.74, 6) is 2.83. The second-order valence-electron chi connectivity index (χ2n) is 12.4. The number of carbonyl (C=O) groups excluding carboxylic acids is 2. The average molecular weight is 389 g/mol. The summed E-state index contributed by atoms with van der Waals surface area (Å²) in [4.78, 5) is 25.3. The van der Waals surface area contributed by atoms with Gasteiger partial charge >= 0.3 is 0 Å². The van der Waals surface area contributed by atoms with Crippen molar-refractivity contribution in [1.82, 2.24) is 0 Å². The second kappa shape index (κ2) is 6.40. The molecule has 28 heavy (non-hydrogen) atoms. The maximum atomic E-state index is 13.2. The fourth-order valence-corrected chi connectivity index (χ4v) is 8.15. The van der Waals surface area contributed by atoms with Crippen LogP contribution in [0.3, 0.4) is 0 Å². The molecule has 0 spiro atoms. The lowest BCUT2D eigenvalue weighted by atomic mass is 9.44. The topological polar surface area (TPSA) is 54.4 Å². The Hall–Kier alpha value is -0.700. The molecule has 0 aromatic carbocycles. The van der Waals surface area contributed by atoms with E-state index in [2.05, 4.69) is 34.6 Å². The van der Waals surface area contributed by atoms with Crippen LogP contribution in [-0.2, 0) is 9.59 Å². The lowest BCUT2D eigenvalue weighted by Crippen LogP contribution is -2.59. The van der Waals surface area contributed by atoms with Crippen molar-refractivity contribution in [2.45, 2.75) is 104 Å². The first kappa shape index (κ1) is 20.6. The van der Waals surface area contributed by atoms with Crippen LogP contribution in [0.2, 0.25) is 0 Å². The normalized spacial score (nSPS) is 48.6. The average Bonchev–Trinajstić information content (AvgIpc) is 2.87. The van der Waals surface area contributed by atoms with Crippen LogP contribution in [0.5, 0.6) is 0 Å². The predicted octanol–water partition coefficient (Wildman–Crippen LogP) is 5.33. The third-order valence-electron chi connectivity index (χ3n) is 9.79. The summed E-state index contributed by atoms with van der Waals surface area (Å²) in [5.41, 5.74) is -1.21. The monoisotopic (exact) mass is 388 g/mol. The molecule has 158 valence electrons. The van der Waals surface area contributed by atoms with E-state index < -0.39 is 5.60 Å². The molecular formula is C25H40O3. The molecule has 0 aliphatic heterocycles. The maximum absolute atomic E-state index is 13.2. The molecule has 3 nitrogen and oxygen atoms in total. The molecular weight excluding hydrogens is 348 g/mol. The van der Waals surface area contributed by atoms with Gasteiger partial charge in [0.15, 0.2) is 5.78 Å². The fraction of sp³-hybridized carbons (Fsp3) is 0.920. The van der Waals surface area contributed by atoms with E-state index in [4.69, 9.17) is 0 Å². The Kier molecular flexibility index (Phi) is 4.70. The van der Waals surface area contributed by atoms with E-state index in [1.54, 1.807) is 0 Å². The Morgan fingerprint density at radius 1 is 1.04 bits per heavy atom. The minimum absolute atomic E-state index is 0.0756. The molecule has 0 amide bonds. The summed E-state index contributed by atoms with van der Waals surface area (Å²) in [6.07, 6.45) is 9.10. The number of hydrogen-bond donors (Lipinski definition) is 1. The lowest BCUT2D eigenvalue weighted by Gasteiger charge is -2.60. The number of rotatable bonds is 2. The zero-order valence-corrected chi connectivity index (χ0v) is 18.6. The van der Waals surface area contributed by atoms with Gasteiger partial charge in [0, 0.05) is 24.7 Å². The highest BCUT2D eigenvalue weighted by atomic mass is 16.3. The van der Waals surface area contributed by atoms with Crippen LogP contribution in [-0.4, -0.2) is 22.3 Å². The zero-order valence-electron chi connectivity index (χ0n) is 18.6. The fourth-order valence-electron chi connectivity index (χ4n) is 8.15. The molecule has 1 unspecified atom stereocenters. The molecule has 1 N–H and O–H groups in total. The van der Waals surface area contributed by atoms with Crippen molar-refractivity contribution in [3.8, 4) is 0 Å². The van der Waals surface area contributed by atoms with Crippen LogP contribution in [0, 0.1) is 39.9 Å². The molecule has 0 bridgehead atoms. The van der Waals surface area contributed by atoms with Crippen molar-refractivity contribution in [3.63, 3.8) is 0 Å². The van der Waals surface area contributed by atoms with Crippen LogP contribution < -0.4 is 0 Å². The molecule has 7 atom stereocenters. The first-order valence-corrected chi connectivity index (χ1v) is 11.7. The van der Waals surface area contributed by atoms with Crippen LogP contribution in [0.1, 0.15) is 98.8 Å². The Labute approximate surface area is 171 Å². The Balaban J connectivity index is 1.60. The van der Waals surface area contributed by atoms with Crippen molar-refractivity contribution >= 4 is 11.6 Å². The van der Waals surface area contributed by atoms with Gasteiger partial charge < -0.3 is 5.11 Å². The van der Waals surface area contributed by atoms with Gasteiger partial charge in [0.05, 0.1) is 0 Å². The number of hydrogen-bond acceptors (Lipinski definition) is 3. The van der Waals surface area contributed by atoms with E-state index in [1.807, 2.05) is 0 Å². The first-order chi connectivity index (χ1) is 12.9. The summed E-state index contributed by atoms with van der Waals surface area (Å²) in [5, 5.41) is 11.7. The predicted molar refractivity (Wildman–Crippen MR) is 111 cm³/mol. The van der Waals surface area contributed by atoms with Gasteiger partial charge in [-0.15, -0.1) is 0 Å². The Bertz CT molecular complexity index is 676. The molecule has 0 heterocycles. The molecule has 0 aromatic heterocycles. The molecule has 0 aromatic rings. The standard InChI is InChI=1S/C25H40O3/c1-22(2,3)15-21(27)25(28)13-10-20-18-7-6-16-14-17(26)8-11-23(16,4)19(18)9-12-24(20,25)5/h16,18-20,28H,6-15H2,1-5H3/t16?,18-,19+,20+,23+,24+,25+/m1/s1. The number of fused-ring (bicyclic) bond motifs is 5. The van der Waals surface area contributed by atoms with E-state index in [1.165, 1.54) is 6.42 Å². The highest BCUT2D eigenvalue weighted by Gasteiger charge is 2.66. The van der Waals surface area contributed by atoms with E-state index in [-0.39, 0.29) is 22.0 Å². The molecule has 4 aliphatic carbocycles. The van der Waals surface area contributed by atoms with Gasteiger partial charge in [-0.3, -0.25) is 9.59 Å². The smallest absolute Gasteiger partial charge is 0.165 e. The third-order valence-corrected chi connectivity index (χ3v) is 9.79. The van der Waals surface area contributed by atoms with E-state index >= 15 is 0 Å². The van der Waals surface area contributed by atoms with Gasteiger partial charge in [-0.25, -0.2) is 0 Å². The molecule has 3 heteroatoms. The van der Waals surface area contributed by atoms with Crippen LogP contribution in [0.25, 0.3) is 0 Å². The maximum Gasteiger partial charge on any atom is 0.165 e. The number of aliphatic hydroxyl groups is 1. The summed E-state index contributed by atoms with van der Waals surface area (Å²) in [6.45, 7) is 10.9. The van der Waals surface area contributed by atoms with Crippen molar-refractivity contribution in [2.75, 3.05) is 0 Å². The molecule has 4 saturated carbocycles. The van der Waals surface area contributed by atoms with E-state index in [9.17, 15) is 14.7 Å². The minimum atomic E-state index is -1.14. The van der Waals surface area contributed by atoms with Crippen molar-refractivity contribution < 1.29 is 14.7 Å². The minimum Gasteiger partial charge on any atom is -0.381 e. The van der Waals surface area contributed by atoms with Gasteiger partial charge in [0.2, 0.25) is 0 Å². The van der Waals surface area contributed by atoms with Gasteiger partial charge in [-0.05, 0) is 79.4 Å². The molecule has 4 aliphatic rings. The summed E-state index contributed by atoms with van der Waals surface area (Å²) in [7, 11) is 0.